The number of aromatic amines is 1. The lowest BCUT2D eigenvalue weighted by atomic mass is 9.89. The Bertz CT molecular complexity index is 410. The molecule has 2 N–H and O–H groups in total. The van der Waals surface area contributed by atoms with Gasteiger partial charge in [0.2, 0.25) is 0 Å². The average molecular weight is 223 g/mol. The molecule has 1 aliphatic carbocycles. The summed E-state index contributed by atoms with van der Waals surface area (Å²) in [6.45, 7) is 1.96. The molecule has 1 heterocycles. The molecular formula is C11H17N3O2. The molecule has 0 aromatic carbocycles. The lowest BCUT2D eigenvalue weighted by molar-refractivity contribution is 0.0328. The highest BCUT2D eigenvalue weighted by Crippen LogP contribution is 2.25. The summed E-state index contributed by atoms with van der Waals surface area (Å²) in [5, 5.41) is 3.25. The van der Waals surface area contributed by atoms with Crippen LogP contribution in [0.4, 0.5) is 5.82 Å². The first kappa shape index (κ1) is 11.1. The maximum Gasteiger partial charge on any atom is 0.252 e. The number of hydrogen-bond acceptors (Lipinski definition) is 4. The van der Waals surface area contributed by atoms with Crippen molar-refractivity contribution in [3.63, 3.8) is 0 Å². The van der Waals surface area contributed by atoms with E-state index in [2.05, 4.69) is 15.3 Å². The van der Waals surface area contributed by atoms with Gasteiger partial charge >= 0.3 is 0 Å². The minimum Gasteiger partial charge on any atom is -0.381 e. The van der Waals surface area contributed by atoms with Gasteiger partial charge in [-0.25, -0.2) is 4.98 Å². The molecule has 0 radical (unpaired) electrons. The highest BCUT2D eigenvalue weighted by molar-refractivity contribution is 5.35. The van der Waals surface area contributed by atoms with Crippen LogP contribution in [0.15, 0.2) is 10.9 Å². The van der Waals surface area contributed by atoms with Crippen molar-refractivity contribution in [2.75, 3.05) is 12.4 Å². The maximum absolute atomic E-state index is 11.3. The molecule has 1 aliphatic rings. The van der Waals surface area contributed by atoms with Crippen molar-refractivity contribution < 1.29 is 4.74 Å². The molecule has 5 heteroatoms. The van der Waals surface area contributed by atoms with E-state index < -0.39 is 0 Å². The molecule has 0 amide bonds. The molecule has 0 spiro atoms. The number of ether oxygens (including phenoxy) is 1. The number of nitrogens with zero attached hydrogens (tertiary/aromatic N) is 1. The van der Waals surface area contributed by atoms with Crippen molar-refractivity contribution in [1.82, 2.24) is 9.97 Å². The molecule has 1 aromatic rings. The van der Waals surface area contributed by atoms with Gasteiger partial charge in [-0.3, -0.25) is 4.79 Å². The van der Waals surface area contributed by atoms with Gasteiger partial charge in [0.25, 0.3) is 5.56 Å². The van der Waals surface area contributed by atoms with Crippen LogP contribution in [0.25, 0.3) is 0 Å². The van der Waals surface area contributed by atoms with Gasteiger partial charge in [0.05, 0.1) is 6.10 Å². The molecule has 16 heavy (non-hydrogen) atoms. The average Bonchev–Trinajstić information content (AvgIpc) is 2.22. The van der Waals surface area contributed by atoms with E-state index in [1.165, 1.54) is 6.07 Å². The fourth-order valence-corrected chi connectivity index (χ4v) is 1.83. The Hall–Kier alpha value is -1.36. The summed E-state index contributed by atoms with van der Waals surface area (Å²) in [7, 11) is 1.72. The van der Waals surface area contributed by atoms with E-state index in [0.717, 1.165) is 25.1 Å². The van der Waals surface area contributed by atoms with Crippen LogP contribution in [-0.2, 0) is 11.2 Å². The summed E-state index contributed by atoms with van der Waals surface area (Å²) >= 11 is 0. The van der Waals surface area contributed by atoms with Gasteiger partial charge in [0.15, 0.2) is 0 Å². The van der Waals surface area contributed by atoms with Gasteiger partial charge in [-0.1, -0.05) is 6.92 Å². The van der Waals surface area contributed by atoms with Crippen LogP contribution in [0.5, 0.6) is 0 Å². The zero-order chi connectivity index (χ0) is 11.5. The van der Waals surface area contributed by atoms with E-state index in [9.17, 15) is 4.79 Å². The summed E-state index contributed by atoms with van der Waals surface area (Å²) in [5.74, 6) is 1.39. The Kier molecular flexibility index (Phi) is 3.24. The van der Waals surface area contributed by atoms with E-state index in [1.807, 2.05) is 6.92 Å². The molecule has 88 valence electrons. The number of anilines is 1. The first-order valence-electron chi connectivity index (χ1n) is 5.60. The van der Waals surface area contributed by atoms with Gasteiger partial charge in [-0.2, -0.15) is 0 Å². The summed E-state index contributed by atoms with van der Waals surface area (Å²) in [4.78, 5) is 18.3. The first-order valence-corrected chi connectivity index (χ1v) is 5.60. The largest absolute Gasteiger partial charge is 0.381 e. The molecule has 2 rings (SSSR count). The van der Waals surface area contributed by atoms with Crippen molar-refractivity contribution in [1.29, 1.82) is 0 Å². The molecule has 0 bridgehead atoms. The van der Waals surface area contributed by atoms with Gasteiger partial charge in [0.1, 0.15) is 11.6 Å². The normalized spacial score (nSPS) is 23.9. The number of H-pyrrole nitrogens is 1. The maximum atomic E-state index is 11.3. The van der Waals surface area contributed by atoms with Crippen molar-refractivity contribution in [3.8, 4) is 0 Å². The van der Waals surface area contributed by atoms with Gasteiger partial charge in [0, 0.05) is 25.6 Å². The number of rotatable bonds is 4. The zero-order valence-corrected chi connectivity index (χ0v) is 9.62. The van der Waals surface area contributed by atoms with E-state index >= 15 is 0 Å². The van der Waals surface area contributed by atoms with E-state index in [0.29, 0.717) is 18.0 Å². The third-order valence-corrected chi connectivity index (χ3v) is 2.91. The Morgan fingerprint density at radius 3 is 3.00 bits per heavy atom. The Morgan fingerprint density at radius 1 is 1.62 bits per heavy atom. The molecule has 1 aromatic heterocycles. The highest BCUT2D eigenvalue weighted by atomic mass is 16.5. The second kappa shape index (κ2) is 4.65. The molecule has 0 unspecified atom stereocenters. The van der Waals surface area contributed by atoms with Gasteiger partial charge in [-0.15, -0.1) is 0 Å². The first-order chi connectivity index (χ1) is 7.71. The summed E-state index contributed by atoms with van der Waals surface area (Å²) in [6.07, 6.45) is 3.04. The Labute approximate surface area is 94.2 Å². The van der Waals surface area contributed by atoms with Crippen LogP contribution in [-0.4, -0.2) is 29.2 Å². The fourth-order valence-electron chi connectivity index (χ4n) is 1.83. The van der Waals surface area contributed by atoms with Crippen LogP contribution in [0, 0.1) is 0 Å². The molecule has 1 fully saturated rings. The number of nitrogens with one attached hydrogen (secondary N) is 2. The summed E-state index contributed by atoms with van der Waals surface area (Å²) < 4.78 is 5.19. The van der Waals surface area contributed by atoms with Crippen molar-refractivity contribution >= 4 is 5.82 Å². The predicted octanol–water partition coefficient (Wildman–Crippen LogP) is 0.922. The van der Waals surface area contributed by atoms with Crippen molar-refractivity contribution in [3.05, 3.63) is 22.2 Å². The SMILES string of the molecule is CCc1nc(NC2CC(OC)C2)cc(=O)[nH]1. The third kappa shape index (κ3) is 2.41. The third-order valence-electron chi connectivity index (χ3n) is 2.91. The van der Waals surface area contributed by atoms with E-state index in [-0.39, 0.29) is 5.56 Å². The smallest absolute Gasteiger partial charge is 0.252 e. The molecule has 0 atom stereocenters. The van der Waals surface area contributed by atoms with E-state index in [4.69, 9.17) is 4.74 Å². The standard InChI is InChI=1S/C11H17N3O2/c1-3-9-13-10(6-11(15)14-9)12-7-4-8(5-7)16-2/h6-8H,3-5H2,1-2H3,(H2,12,13,14,15). The minimum absolute atomic E-state index is 0.100. The van der Waals surface area contributed by atoms with Crippen LogP contribution in [0.2, 0.25) is 0 Å². The molecular weight excluding hydrogens is 206 g/mol. The molecule has 0 saturated heterocycles. The second-order valence-electron chi connectivity index (χ2n) is 4.10. The minimum atomic E-state index is -0.100. The Morgan fingerprint density at radius 2 is 2.38 bits per heavy atom. The lowest BCUT2D eigenvalue weighted by Gasteiger charge is -2.34. The molecule has 1 saturated carbocycles. The summed E-state index contributed by atoms with van der Waals surface area (Å²) in [5.41, 5.74) is -0.100. The molecule has 0 aliphatic heterocycles. The van der Waals surface area contributed by atoms with Crippen LogP contribution < -0.4 is 10.9 Å². The van der Waals surface area contributed by atoms with Crippen LogP contribution >= 0.6 is 0 Å². The van der Waals surface area contributed by atoms with Gasteiger partial charge in [-0.05, 0) is 12.8 Å². The topological polar surface area (TPSA) is 67.0 Å². The lowest BCUT2D eigenvalue weighted by Crippen LogP contribution is -2.40. The van der Waals surface area contributed by atoms with Crippen molar-refractivity contribution in [2.45, 2.75) is 38.3 Å². The fraction of sp³-hybridized carbons (Fsp3) is 0.636. The number of aromatic nitrogens is 2. The predicted molar refractivity (Wildman–Crippen MR) is 61.7 cm³/mol. The Balaban J connectivity index is 1.99. The van der Waals surface area contributed by atoms with Gasteiger partial charge < -0.3 is 15.0 Å². The number of aryl methyl sites for hydroxylation is 1. The van der Waals surface area contributed by atoms with Crippen molar-refractivity contribution in [2.24, 2.45) is 0 Å². The second-order valence-corrected chi connectivity index (χ2v) is 4.10. The van der Waals surface area contributed by atoms with E-state index in [1.54, 1.807) is 7.11 Å². The molecule has 5 nitrogen and oxygen atoms in total. The zero-order valence-electron chi connectivity index (χ0n) is 9.62. The summed E-state index contributed by atoms with van der Waals surface area (Å²) in [6, 6.07) is 1.88. The van der Waals surface area contributed by atoms with Crippen LogP contribution in [0.1, 0.15) is 25.6 Å². The monoisotopic (exact) mass is 223 g/mol. The quantitative estimate of drug-likeness (QED) is 0.796. The number of hydrogen-bond donors (Lipinski definition) is 2. The van der Waals surface area contributed by atoms with Crippen LogP contribution in [0.3, 0.4) is 0 Å². The number of methoxy groups -OCH3 is 1. The highest BCUT2D eigenvalue weighted by Gasteiger charge is 2.29.